The summed E-state index contributed by atoms with van der Waals surface area (Å²) in [6, 6.07) is 0. The molecule has 0 aromatic carbocycles. The lowest BCUT2D eigenvalue weighted by atomic mass is 9.89. The molecule has 0 spiro atoms. The molecule has 1 aromatic heterocycles. The summed E-state index contributed by atoms with van der Waals surface area (Å²) in [4.78, 5) is 8.83. The first-order valence-corrected chi connectivity index (χ1v) is 8.20. The van der Waals surface area contributed by atoms with Crippen LogP contribution in [-0.2, 0) is 12.8 Å². The van der Waals surface area contributed by atoms with E-state index in [4.69, 9.17) is 11.6 Å². The Morgan fingerprint density at radius 1 is 1.10 bits per heavy atom. The van der Waals surface area contributed by atoms with Crippen LogP contribution in [0.15, 0.2) is 0 Å². The van der Waals surface area contributed by atoms with Gasteiger partial charge in [-0.15, -0.1) is 0 Å². The second-order valence-electron chi connectivity index (χ2n) is 5.90. The van der Waals surface area contributed by atoms with Gasteiger partial charge in [0.25, 0.3) is 0 Å². The highest BCUT2D eigenvalue weighted by Crippen LogP contribution is 2.26. The lowest BCUT2D eigenvalue weighted by Gasteiger charge is -2.23. The van der Waals surface area contributed by atoms with Crippen molar-refractivity contribution >= 4 is 17.4 Å². The van der Waals surface area contributed by atoms with E-state index in [-0.39, 0.29) is 0 Å². The number of hydrogen-bond acceptors (Lipinski definition) is 4. The molecule has 0 saturated heterocycles. The van der Waals surface area contributed by atoms with Crippen LogP contribution in [0.4, 0.5) is 5.82 Å². The average Bonchev–Trinajstić information content (AvgIpc) is 2.71. The van der Waals surface area contributed by atoms with Crippen LogP contribution >= 0.6 is 11.6 Å². The van der Waals surface area contributed by atoms with E-state index in [1.165, 1.54) is 37.7 Å². The van der Waals surface area contributed by atoms with Crippen LogP contribution in [0.25, 0.3) is 0 Å². The van der Waals surface area contributed by atoms with Crippen LogP contribution in [0.1, 0.15) is 43.4 Å². The zero-order valence-corrected chi connectivity index (χ0v) is 12.7. The summed E-state index contributed by atoms with van der Waals surface area (Å²) in [7, 11) is 0. The van der Waals surface area contributed by atoms with Gasteiger partial charge in [0, 0.05) is 25.1 Å². The smallest absolute Gasteiger partial charge is 0.224 e. The van der Waals surface area contributed by atoms with Crippen LogP contribution in [0.3, 0.4) is 0 Å². The van der Waals surface area contributed by atoms with Gasteiger partial charge in [0.1, 0.15) is 5.82 Å². The Bertz CT molecular complexity index is 457. The SMILES string of the molecule is Clc1nc2c(c(NCC3CCCCC3)n1)CCNCC2. The first-order chi connectivity index (χ1) is 9.83. The minimum atomic E-state index is 0.372. The molecule has 0 amide bonds. The van der Waals surface area contributed by atoms with Crippen molar-refractivity contribution in [2.45, 2.75) is 44.9 Å². The Kier molecular flexibility index (Phi) is 4.73. The third-order valence-corrected chi connectivity index (χ3v) is 4.61. The zero-order valence-electron chi connectivity index (χ0n) is 11.9. The summed E-state index contributed by atoms with van der Waals surface area (Å²) in [5, 5.41) is 7.33. The zero-order chi connectivity index (χ0) is 13.8. The highest BCUT2D eigenvalue weighted by molar-refractivity contribution is 6.28. The molecule has 5 heteroatoms. The second kappa shape index (κ2) is 6.72. The summed E-state index contributed by atoms with van der Waals surface area (Å²) in [5.74, 6) is 1.76. The number of fused-ring (bicyclic) bond motifs is 1. The summed E-state index contributed by atoms with van der Waals surface area (Å²) < 4.78 is 0. The summed E-state index contributed by atoms with van der Waals surface area (Å²) in [6.45, 7) is 2.99. The van der Waals surface area contributed by atoms with Gasteiger partial charge in [0.15, 0.2) is 0 Å². The first-order valence-electron chi connectivity index (χ1n) is 7.83. The topological polar surface area (TPSA) is 49.8 Å². The third kappa shape index (κ3) is 3.41. The Morgan fingerprint density at radius 2 is 1.90 bits per heavy atom. The van der Waals surface area contributed by atoms with Gasteiger partial charge in [-0.3, -0.25) is 0 Å². The normalized spacial score (nSPS) is 20.2. The molecule has 2 heterocycles. The number of nitrogens with zero attached hydrogens (tertiary/aromatic N) is 2. The molecule has 4 nitrogen and oxygen atoms in total. The number of aromatic nitrogens is 2. The lowest BCUT2D eigenvalue weighted by Crippen LogP contribution is -2.19. The minimum Gasteiger partial charge on any atom is -0.369 e. The number of halogens is 1. The molecule has 1 aromatic rings. The Morgan fingerprint density at radius 3 is 2.75 bits per heavy atom. The van der Waals surface area contributed by atoms with E-state index in [1.807, 2.05) is 0 Å². The molecule has 1 aliphatic carbocycles. The summed E-state index contributed by atoms with van der Waals surface area (Å²) in [6.07, 6.45) is 8.76. The summed E-state index contributed by atoms with van der Waals surface area (Å²) in [5.41, 5.74) is 2.37. The molecule has 1 fully saturated rings. The van der Waals surface area contributed by atoms with Crippen molar-refractivity contribution < 1.29 is 0 Å². The van der Waals surface area contributed by atoms with E-state index >= 15 is 0 Å². The van der Waals surface area contributed by atoms with Crippen molar-refractivity contribution in [1.82, 2.24) is 15.3 Å². The van der Waals surface area contributed by atoms with Crippen molar-refractivity contribution in [3.05, 3.63) is 16.5 Å². The van der Waals surface area contributed by atoms with Gasteiger partial charge in [-0.25, -0.2) is 9.97 Å². The quantitative estimate of drug-likeness (QED) is 0.842. The molecular weight excluding hydrogens is 272 g/mol. The average molecular weight is 295 g/mol. The largest absolute Gasteiger partial charge is 0.369 e. The lowest BCUT2D eigenvalue weighted by molar-refractivity contribution is 0.373. The van der Waals surface area contributed by atoms with Crippen molar-refractivity contribution in [3.8, 4) is 0 Å². The van der Waals surface area contributed by atoms with Gasteiger partial charge in [-0.2, -0.15) is 0 Å². The highest BCUT2D eigenvalue weighted by atomic mass is 35.5. The van der Waals surface area contributed by atoms with E-state index in [2.05, 4.69) is 20.6 Å². The molecule has 110 valence electrons. The maximum atomic E-state index is 6.07. The predicted molar refractivity (Wildman–Crippen MR) is 82.4 cm³/mol. The second-order valence-corrected chi connectivity index (χ2v) is 6.24. The van der Waals surface area contributed by atoms with Gasteiger partial charge in [-0.1, -0.05) is 19.3 Å². The van der Waals surface area contributed by atoms with Crippen LogP contribution in [0.2, 0.25) is 5.28 Å². The van der Waals surface area contributed by atoms with Crippen molar-refractivity contribution in [2.24, 2.45) is 5.92 Å². The van der Waals surface area contributed by atoms with Crippen LogP contribution in [0.5, 0.6) is 0 Å². The molecule has 20 heavy (non-hydrogen) atoms. The Hall–Kier alpha value is -0.870. The van der Waals surface area contributed by atoms with E-state index in [0.717, 1.165) is 49.9 Å². The predicted octanol–water partition coefficient (Wildman–Crippen LogP) is 2.81. The fraction of sp³-hybridized carbons (Fsp3) is 0.733. The molecule has 0 atom stereocenters. The number of hydrogen-bond donors (Lipinski definition) is 2. The van der Waals surface area contributed by atoms with Gasteiger partial charge in [-0.05, 0) is 43.3 Å². The standard InChI is InChI=1S/C15H23ClN4/c16-15-19-13-7-9-17-8-6-12(13)14(20-15)18-10-11-4-2-1-3-5-11/h11,17H,1-10H2,(H,18,19,20). The number of rotatable bonds is 3. The van der Waals surface area contributed by atoms with Crippen molar-refractivity contribution in [1.29, 1.82) is 0 Å². The van der Waals surface area contributed by atoms with Crippen molar-refractivity contribution in [3.63, 3.8) is 0 Å². The first kappa shape index (κ1) is 14.1. The third-order valence-electron chi connectivity index (χ3n) is 4.44. The molecule has 0 bridgehead atoms. The maximum Gasteiger partial charge on any atom is 0.224 e. The summed E-state index contributed by atoms with van der Waals surface area (Å²) >= 11 is 6.07. The minimum absolute atomic E-state index is 0.372. The number of nitrogens with one attached hydrogen (secondary N) is 2. The maximum absolute atomic E-state index is 6.07. The molecule has 0 radical (unpaired) electrons. The van der Waals surface area contributed by atoms with Crippen LogP contribution < -0.4 is 10.6 Å². The van der Waals surface area contributed by atoms with Crippen LogP contribution in [0, 0.1) is 5.92 Å². The van der Waals surface area contributed by atoms with Crippen molar-refractivity contribution in [2.75, 3.05) is 25.0 Å². The number of anilines is 1. The van der Waals surface area contributed by atoms with E-state index in [9.17, 15) is 0 Å². The Balaban J connectivity index is 1.72. The molecule has 3 rings (SSSR count). The van der Waals surface area contributed by atoms with Gasteiger partial charge < -0.3 is 10.6 Å². The van der Waals surface area contributed by atoms with Crippen LogP contribution in [-0.4, -0.2) is 29.6 Å². The molecule has 2 aliphatic rings. The van der Waals surface area contributed by atoms with Gasteiger partial charge in [0.2, 0.25) is 5.28 Å². The van der Waals surface area contributed by atoms with Gasteiger partial charge in [0.05, 0.1) is 5.69 Å². The Labute approximate surface area is 125 Å². The van der Waals surface area contributed by atoms with E-state index < -0.39 is 0 Å². The fourth-order valence-electron chi connectivity index (χ4n) is 3.29. The molecular formula is C15H23ClN4. The fourth-order valence-corrected chi connectivity index (χ4v) is 3.48. The molecule has 2 N–H and O–H groups in total. The van der Waals surface area contributed by atoms with Gasteiger partial charge >= 0.3 is 0 Å². The molecule has 1 saturated carbocycles. The van der Waals surface area contributed by atoms with E-state index in [1.54, 1.807) is 0 Å². The molecule has 0 unspecified atom stereocenters. The molecule has 1 aliphatic heterocycles. The highest BCUT2D eigenvalue weighted by Gasteiger charge is 2.18. The van der Waals surface area contributed by atoms with E-state index in [0.29, 0.717) is 5.28 Å². The monoisotopic (exact) mass is 294 g/mol.